The zero-order valence-electron chi connectivity index (χ0n) is 22.7. The largest absolute Gasteiger partial charge is 0.466 e. The Morgan fingerprint density at radius 3 is 2.45 bits per heavy atom. The van der Waals surface area contributed by atoms with Crippen LogP contribution in [0, 0.1) is 10.1 Å². The SMILES string of the molecule is COC(=O)C1=C(C)NC(C)=C(C(=O)OC(C)/C=C/c2ccc(Cn3ccnc3)cc2)C1c1cccc([N+](=O)[O-])c1. The molecule has 2 unspecified atom stereocenters. The van der Waals surface area contributed by atoms with Crippen molar-refractivity contribution in [1.29, 1.82) is 0 Å². The molecule has 0 radical (unpaired) electrons. The summed E-state index contributed by atoms with van der Waals surface area (Å²) in [5.74, 6) is -2.22. The summed E-state index contributed by atoms with van der Waals surface area (Å²) in [5.41, 5.74) is 3.64. The fraction of sp³-hybridized carbons (Fsp3) is 0.233. The third-order valence-electron chi connectivity index (χ3n) is 6.56. The second-order valence-electron chi connectivity index (χ2n) is 9.43. The Balaban J connectivity index is 1.55. The molecule has 10 heteroatoms. The molecule has 3 aromatic rings. The first-order valence-corrected chi connectivity index (χ1v) is 12.6. The summed E-state index contributed by atoms with van der Waals surface area (Å²) < 4.78 is 12.7. The first-order chi connectivity index (χ1) is 19.2. The fourth-order valence-corrected chi connectivity index (χ4v) is 4.64. The zero-order chi connectivity index (χ0) is 28.8. The first-order valence-electron chi connectivity index (χ1n) is 12.6. The molecular formula is C30H30N4O6. The van der Waals surface area contributed by atoms with E-state index in [9.17, 15) is 19.7 Å². The van der Waals surface area contributed by atoms with E-state index in [1.165, 1.54) is 25.3 Å². The molecule has 2 heterocycles. The van der Waals surface area contributed by atoms with Gasteiger partial charge in [0, 0.05) is 42.5 Å². The number of nitrogens with one attached hydrogen (secondary N) is 1. The minimum atomic E-state index is -0.916. The van der Waals surface area contributed by atoms with E-state index in [1.807, 2.05) is 41.1 Å². The number of aromatic nitrogens is 2. The lowest BCUT2D eigenvalue weighted by Crippen LogP contribution is -2.33. The van der Waals surface area contributed by atoms with Crippen LogP contribution in [0.5, 0.6) is 0 Å². The Morgan fingerprint density at radius 2 is 1.82 bits per heavy atom. The van der Waals surface area contributed by atoms with Crippen LogP contribution in [0.15, 0.2) is 95.9 Å². The summed E-state index contributed by atoms with van der Waals surface area (Å²) in [4.78, 5) is 41.3. The molecule has 0 spiro atoms. The lowest BCUT2D eigenvalue weighted by molar-refractivity contribution is -0.384. The van der Waals surface area contributed by atoms with Gasteiger partial charge in [-0.25, -0.2) is 14.6 Å². The summed E-state index contributed by atoms with van der Waals surface area (Å²) in [5, 5.41) is 14.5. The van der Waals surface area contributed by atoms with Gasteiger partial charge in [0.05, 0.1) is 35.4 Å². The van der Waals surface area contributed by atoms with Gasteiger partial charge in [-0.2, -0.15) is 0 Å². The maximum atomic E-state index is 13.5. The number of rotatable bonds is 9. The average molecular weight is 543 g/mol. The van der Waals surface area contributed by atoms with Crippen LogP contribution in [0.4, 0.5) is 5.69 Å². The molecule has 40 heavy (non-hydrogen) atoms. The van der Waals surface area contributed by atoms with Crippen molar-refractivity contribution < 1.29 is 24.0 Å². The van der Waals surface area contributed by atoms with Crippen molar-refractivity contribution in [2.45, 2.75) is 39.3 Å². The molecule has 1 aliphatic heterocycles. The van der Waals surface area contributed by atoms with Crippen molar-refractivity contribution in [3.63, 3.8) is 0 Å². The molecule has 0 saturated heterocycles. The molecule has 0 bridgehead atoms. The quantitative estimate of drug-likeness (QED) is 0.230. The highest BCUT2D eigenvalue weighted by atomic mass is 16.6. The number of imidazole rings is 1. The molecule has 0 fully saturated rings. The van der Waals surface area contributed by atoms with Crippen molar-refractivity contribution in [3.05, 3.63) is 123 Å². The second-order valence-corrected chi connectivity index (χ2v) is 9.43. The average Bonchev–Trinajstić information content (AvgIpc) is 3.45. The number of dihydropyridines is 1. The van der Waals surface area contributed by atoms with Gasteiger partial charge >= 0.3 is 11.9 Å². The van der Waals surface area contributed by atoms with Crippen LogP contribution >= 0.6 is 0 Å². The van der Waals surface area contributed by atoms with Crippen LogP contribution in [-0.2, 0) is 25.6 Å². The van der Waals surface area contributed by atoms with E-state index in [1.54, 1.807) is 45.4 Å². The van der Waals surface area contributed by atoms with Crippen molar-refractivity contribution in [2.75, 3.05) is 7.11 Å². The highest BCUT2D eigenvalue weighted by molar-refractivity contribution is 6.00. The summed E-state index contributed by atoms with van der Waals surface area (Å²) >= 11 is 0. The third kappa shape index (κ3) is 6.35. The Hall–Kier alpha value is -4.99. The number of allylic oxidation sites excluding steroid dienone is 2. The van der Waals surface area contributed by atoms with Crippen molar-refractivity contribution in [3.8, 4) is 0 Å². The van der Waals surface area contributed by atoms with Gasteiger partial charge in [0.1, 0.15) is 6.10 Å². The van der Waals surface area contributed by atoms with Gasteiger partial charge in [-0.15, -0.1) is 0 Å². The number of hydrogen-bond donors (Lipinski definition) is 1. The Bertz CT molecular complexity index is 1500. The van der Waals surface area contributed by atoms with E-state index in [4.69, 9.17) is 9.47 Å². The standard InChI is InChI=1S/C30H30N4O6/c1-19(8-9-22-10-12-23(13-11-22)17-33-15-14-31-18-33)40-30(36)27-21(3)32-20(2)26(29(35)39-4)28(27)24-6-5-7-25(16-24)34(37)38/h5-16,18-19,28,32H,17H2,1-4H3/b9-8+. The van der Waals surface area contributed by atoms with Crippen molar-refractivity contribution >= 4 is 23.7 Å². The number of nitro benzene ring substituents is 1. The van der Waals surface area contributed by atoms with Gasteiger partial charge in [-0.1, -0.05) is 42.5 Å². The van der Waals surface area contributed by atoms with Gasteiger partial charge in [-0.3, -0.25) is 10.1 Å². The number of hydrogen-bond acceptors (Lipinski definition) is 8. The summed E-state index contributed by atoms with van der Waals surface area (Å²) in [6, 6.07) is 13.9. The molecule has 4 rings (SSSR count). The number of methoxy groups -OCH3 is 1. The molecular weight excluding hydrogens is 512 g/mol. The topological polar surface area (TPSA) is 126 Å². The zero-order valence-corrected chi connectivity index (χ0v) is 22.7. The number of nitrogens with zero attached hydrogens (tertiary/aromatic N) is 3. The Kier molecular flexibility index (Phi) is 8.58. The smallest absolute Gasteiger partial charge is 0.337 e. The van der Waals surface area contributed by atoms with Crippen LogP contribution in [-0.4, -0.2) is 39.6 Å². The lowest BCUT2D eigenvalue weighted by atomic mass is 9.80. The normalized spacial score (nSPS) is 16.1. The highest BCUT2D eigenvalue weighted by Crippen LogP contribution is 2.40. The number of nitro groups is 1. The maximum Gasteiger partial charge on any atom is 0.337 e. The van der Waals surface area contributed by atoms with Crippen molar-refractivity contribution in [2.24, 2.45) is 0 Å². The number of non-ortho nitro benzene ring substituents is 1. The molecule has 2 atom stereocenters. The van der Waals surface area contributed by atoms with E-state index in [0.717, 1.165) is 11.1 Å². The molecule has 206 valence electrons. The maximum absolute atomic E-state index is 13.5. The van der Waals surface area contributed by atoms with Gasteiger partial charge < -0.3 is 19.4 Å². The minimum absolute atomic E-state index is 0.157. The van der Waals surface area contributed by atoms with Gasteiger partial charge in [0.15, 0.2) is 0 Å². The molecule has 0 saturated carbocycles. The molecule has 1 N–H and O–H groups in total. The Morgan fingerprint density at radius 1 is 1.12 bits per heavy atom. The van der Waals surface area contributed by atoms with Gasteiger partial charge in [0.25, 0.3) is 5.69 Å². The van der Waals surface area contributed by atoms with Gasteiger partial charge in [-0.05, 0) is 43.5 Å². The number of esters is 2. The summed E-state index contributed by atoms with van der Waals surface area (Å²) in [6.07, 6.45) is 8.43. The first kappa shape index (κ1) is 28.0. The predicted molar refractivity (Wildman–Crippen MR) is 149 cm³/mol. The number of carbonyl (C=O) groups is 2. The minimum Gasteiger partial charge on any atom is -0.466 e. The van der Waals surface area contributed by atoms with E-state index < -0.39 is 28.9 Å². The number of ether oxygens (including phenoxy) is 2. The van der Waals surface area contributed by atoms with E-state index in [-0.39, 0.29) is 16.8 Å². The molecule has 10 nitrogen and oxygen atoms in total. The fourth-order valence-electron chi connectivity index (χ4n) is 4.64. The van der Waals surface area contributed by atoms with Crippen LogP contribution in [0.3, 0.4) is 0 Å². The van der Waals surface area contributed by atoms with E-state index in [2.05, 4.69) is 10.3 Å². The molecule has 1 aromatic heterocycles. The Labute approximate surface area is 231 Å². The summed E-state index contributed by atoms with van der Waals surface area (Å²) in [7, 11) is 1.24. The molecule has 0 amide bonds. The number of benzene rings is 2. The predicted octanol–water partition coefficient (Wildman–Crippen LogP) is 4.89. The van der Waals surface area contributed by atoms with Crippen LogP contribution < -0.4 is 5.32 Å². The van der Waals surface area contributed by atoms with Crippen LogP contribution in [0.1, 0.15) is 43.4 Å². The molecule has 2 aromatic carbocycles. The monoisotopic (exact) mass is 542 g/mol. The number of carbonyl (C=O) groups excluding carboxylic acids is 2. The molecule has 1 aliphatic rings. The summed E-state index contributed by atoms with van der Waals surface area (Å²) in [6.45, 7) is 5.84. The van der Waals surface area contributed by atoms with Crippen LogP contribution in [0.2, 0.25) is 0 Å². The molecule has 0 aliphatic carbocycles. The second kappa shape index (κ2) is 12.2. The van der Waals surface area contributed by atoms with E-state index in [0.29, 0.717) is 23.5 Å². The third-order valence-corrected chi connectivity index (χ3v) is 6.56. The van der Waals surface area contributed by atoms with Crippen LogP contribution in [0.25, 0.3) is 6.08 Å². The van der Waals surface area contributed by atoms with E-state index >= 15 is 0 Å². The van der Waals surface area contributed by atoms with Gasteiger partial charge in [0.2, 0.25) is 0 Å². The highest BCUT2D eigenvalue weighted by Gasteiger charge is 2.38. The lowest BCUT2D eigenvalue weighted by Gasteiger charge is -2.30. The van der Waals surface area contributed by atoms with Crippen molar-refractivity contribution in [1.82, 2.24) is 14.9 Å².